The minimum atomic E-state index is -0.794. The van der Waals surface area contributed by atoms with Crippen molar-refractivity contribution in [3.8, 4) is 22.6 Å². The smallest absolute Gasteiger partial charge is 0.303 e. The van der Waals surface area contributed by atoms with Gasteiger partial charge in [-0.15, -0.1) is 0 Å². The molecule has 8 heteroatoms. The molecule has 0 aliphatic rings. The Labute approximate surface area is 233 Å². The number of methoxy groups -OCH3 is 2. The minimum Gasteiger partial charge on any atom is -0.496 e. The standard InChI is InChI=1S/C24H27NO4.C8H8FNO/c1-25(2)15-17-11-13-21(28-3)23(24(17)29-4)20-10-6-8-18-16(12-14-22(26)27)7-5-9-19(18)20;1-5-3-2-4-6(9)7(5)8(10)11/h5-11,13H,12,14-15H2,1-4H3,(H,26,27);2-4H,1H3,(H2,10,11). The molecule has 0 heterocycles. The monoisotopic (exact) mass is 546 g/mol. The van der Waals surface area contributed by atoms with Gasteiger partial charge in [-0.1, -0.05) is 54.6 Å². The van der Waals surface area contributed by atoms with E-state index >= 15 is 0 Å². The first kappa shape index (κ1) is 30.1. The molecule has 1 amide bonds. The molecule has 0 saturated heterocycles. The summed E-state index contributed by atoms with van der Waals surface area (Å²) in [6, 6.07) is 20.5. The quantitative estimate of drug-likeness (QED) is 0.274. The number of benzene rings is 4. The summed E-state index contributed by atoms with van der Waals surface area (Å²) < 4.78 is 24.3. The van der Waals surface area contributed by atoms with Crippen LogP contribution in [-0.4, -0.2) is 50.2 Å². The second kappa shape index (κ2) is 13.6. The molecule has 0 fully saturated rings. The summed E-state index contributed by atoms with van der Waals surface area (Å²) in [5, 5.41) is 11.2. The van der Waals surface area contributed by atoms with Crippen molar-refractivity contribution in [1.82, 2.24) is 4.90 Å². The number of aryl methyl sites for hydroxylation is 2. The summed E-state index contributed by atoms with van der Waals surface area (Å²) >= 11 is 0. The second-order valence-corrected chi connectivity index (χ2v) is 9.58. The zero-order valence-electron chi connectivity index (χ0n) is 23.5. The molecule has 0 radical (unpaired) electrons. The molecule has 4 rings (SSSR count). The zero-order chi connectivity index (χ0) is 29.4. The Kier molecular flexibility index (Phi) is 10.2. The van der Waals surface area contributed by atoms with E-state index in [1.807, 2.05) is 50.5 Å². The molecule has 210 valence electrons. The number of carboxylic acid groups (broad SMARTS) is 1. The molecule has 0 aliphatic carbocycles. The Morgan fingerprint density at radius 3 is 2.15 bits per heavy atom. The number of aliphatic carboxylic acids is 1. The number of nitrogens with two attached hydrogens (primary N) is 1. The van der Waals surface area contributed by atoms with E-state index in [1.54, 1.807) is 27.2 Å². The molecular weight excluding hydrogens is 511 g/mol. The van der Waals surface area contributed by atoms with Crippen LogP contribution in [0.4, 0.5) is 4.39 Å². The van der Waals surface area contributed by atoms with Crippen LogP contribution in [0.5, 0.6) is 11.5 Å². The van der Waals surface area contributed by atoms with Gasteiger partial charge in [0.25, 0.3) is 5.91 Å². The van der Waals surface area contributed by atoms with Crippen molar-refractivity contribution in [2.24, 2.45) is 5.73 Å². The van der Waals surface area contributed by atoms with E-state index in [9.17, 15) is 14.0 Å². The first-order chi connectivity index (χ1) is 19.1. The maximum atomic E-state index is 12.8. The Balaban J connectivity index is 0.000000336. The highest BCUT2D eigenvalue weighted by molar-refractivity contribution is 6.01. The van der Waals surface area contributed by atoms with Crippen molar-refractivity contribution in [2.75, 3.05) is 28.3 Å². The highest BCUT2D eigenvalue weighted by atomic mass is 19.1. The second-order valence-electron chi connectivity index (χ2n) is 9.58. The maximum absolute atomic E-state index is 12.8. The summed E-state index contributed by atoms with van der Waals surface area (Å²) in [7, 11) is 7.39. The number of rotatable bonds is 9. The van der Waals surface area contributed by atoms with Gasteiger partial charge in [0.2, 0.25) is 0 Å². The van der Waals surface area contributed by atoms with E-state index in [-0.39, 0.29) is 12.0 Å². The maximum Gasteiger partial charge on any atom is 0.303 e. The fourth-order valence-electron chi connectivity index (χ4n) is 4.73. The van der Waals surface area contributed by atoms with Gasteiger partial charge in [0.05, 0.1) is 25.3 Å². The van der Waals surface area contributed by atoms with Gasteiger partial charge < -0.3 is 25.2 Å². The number of ether oxygens (including phenoxy) is 2. The van der Waals surface area contributed by atoms with E-state index in [4.69, 9.17) is 20.3 Å². The molecule has 4 aromatic rings. The third-order valence-electron chi connectivity index (χ3n) is 6.47. The fourth-order valence-corrected chi connectivity index (χ4v) is 4.73. The van der Waals surface area contributed by atoms with Crippen LogP contribution in [0.1, 0.15) is 33.5 Å². The number of fused-ring (bicyclic) bond motifs is 1. The van der Waals surface area contributed by atoms with Crippen LogP contribution in [0.3, 0.4) is 0 Å². The van der Waals surface area contributed by atoms with Crippen LogP contribution in [0, 0.1) is 12.7 Å². The Morgan fingerprint density at radius 1 is 0.900 bits per heavy atom. The van der Waals surface area contributed by atoms with Gasteiger partial charge >= 0.3 is 5.97 Å². The van der Waals surface area contributed by atoms with Crippen molar-refractivity contribution in [2.45, 2.75) is 26.3 Å². The average molecular weight is 547 g/mol. The molecule has 0 bridgehead atoms. The van der Waals surface area contributed by atoms with Gasteiger partial charge in [-0.2, -0.15) is 0 Å². The lowest BCUT2D eigenvalue weighted by molar-refractivity contribution is -0.136. The molecule has 0 spiro atoms. The van der Waals surface area contributed by atoms with Crippen LogP contribution >= 0.6 is 0 Å². The van der Waals surface area contributed by atoms with Crippen LogP contribution < -0.4 is 15.2 Å². The van der Waals surface area contributed by atoms with Crippen molar-refractivity contribution in [3.63, 3.8) is 0 Å². The predicted molar refractivity (Wildman–Crippen MR) is 155 cm³/mol. The largest absolute Gasteiger partial charge is 0.496 e. The molecular formula is C32H35FN2O5. The molecule has 3 N–H and O–H groups in total. The van der Waals surface area contributed by atoms with E-state index < -0.39 is 17.7 Å². The van der Waals surface area contributed by atoms with Crippen LogP contribution in [0.15, 0.2) is 66.7 Å². The summed E-state index contributed by atoms with van der Waals surface area (Å²) in [6.07, 6.45) is 0.597. The number of hydrogen-bond acceptors (Lipinski definition) is 5. The van der Waals surface area contributed by atoms with Crippen molar-refractivity contribution < 1.29 is 28.6 Å². The Morgan fingerprint density at radius 2 is 1.57 bits per heavy atom. The SMILES string of the molecule is COc1ccc(CN(C)C)c(OC)c1-c1cccc2c(CCC(=O)O)cccc12.Cc1cccc(F)c1C(N)=O. The number of carbonyl (C=O) groups excluding carboxylic acids is 1. The number of nitrogens with zero attached hydrogens (tertiary/aromatic N) is 1. The molecule has 0 saturated carbocycles. The fraction of sp³-hybridized carbons (Fsp3) is 0.250. The van der Waals surface area contributed by atoms with Crippen molar-refractivity contribution in [3.05, 3.63) is 94.8 Å². The lowest BCUT2D eigenvalue weighted by Crippen LogP contribution is -2.14. The summed E-state index contributed by atoms with van der Waals surface area (Å²) in [5.74, 6) is -0.537. The molecule has 0 aliphatic heterocycles. The first-order valence-electron chi connectivity index (χ1n) is 12.7. The van der Waals surface area contributed by atoms with E-state index in [1.165, 1.54) is 12.1 Å². The molecule has 40 heavy (non-hydrogen) atoms. The molecule has 0 aromatic heterocycles. The summed E-state index contributed by atoms with van der Waals surface area (Å²) in [4.78, 5) is 23.8. The van der Waals surface area contributed by atoms with E-state index in [0.717, 1.165) is 51.1 Å². The number of carboxylic acids is 1. The summed E-state index contributed by atoms with van der Waals surface area (Å²) in [5.41, 5.74) is 9.50. The number of halogens is 1. The van der Waals surface area contributed by atoms with Crippen LogP contribution in [-0.2, 0) is 17.8 Å². The normalized spacial score (nSPS) is 10.7. The number of carbonyl (C=O) groups is 2. The Bertz CT molecular complexity index is 1500. The third kappa shape index (κ3) is 6.95. The van der Waals surface area contributed by atoms with Crippen molar-refractivity contribution in [1.29, 1.82) is 0 Å². The minimum absolute atomic E-state index is 0.0208. The predicted octanol–water partition coefficient (Wildman–Crippen LogP) is 5.84. The highest BCUT2D eigenvalue weighted by Crippen LogP contribution is 2.44. The Hall–Kier alpha value is -4.43. The van der Waals surface area contributed by atoms with Crippen molar-refractivity contribution >= 4 is 22.6 Å². The highest BCUT2D eigenvalue weighted by Gasteiger charge is 2.20. The van der Waals surface area contributed by atoms with Gasteiger partial charge in [0.15, 0.2) is 0 Å². The lowest BCUT2D eigenvalue weighted by atomic mass is 9.92. The molecule has 0 atom stereocenters. The first-order valence-corrected chi connectivity index (χ1v) is 12.7. The number of hydrogen-bond donors (Lipinski definition) is 2. The lowest BCUT2D eigenvalue weighted by Gasteiger charge is -2.20. The summed E-state index contributed by atoms with van der Waals surface area (Å²) in [6.45, 7) is 2.39. The zero-order valence-corrected chi connectivity index (χ0v) is 23.5. The van der Waals surface area contributed by atoms with Gasteiger partial charge in [0.1, 0.15) is 17.3 Å². The number of primary amides is 1. The molecule has 4 aromatic carbocycles. The van der Waals surface area contributed by atoms with Gasteiger partial charge in [-0.3, -0.25) is 9.59 Å². The van der Waals surface area contributed by atoms with Gasteiger partial charge in [0, 0.05) is 18.5 Å². The van der Waals surface area contributed by atoms with Crippen LogP contribution in [0.2, 0.25) is 0 Å². The number of amides is 1. The third-order valence-corrected chi connectivity index (χ3v) is 6.47. The van der Waals surface area contributed by atoms with E-state index in [2.05, 4.69) is 17.0 Å². The van der Waals surface area contributed by atoms with Gasteiger partial charge in [-0.25, -0.2) is 4.39 Å². The van der Waals surface area contributed by atoms with Crippen LogP contribution in [0.25, 0.3) is 21.9 Å². The molecule has 0 unspecified atom stereocenters. The topological polar surface area (TPSA) is 102 Å². The van der Waals surface area contributed by atoms with Gasteiger partial charge in [-0.05, 0) is 67.0 Å². The van der Waals surface area contributed by atoms with E-state index in [0.29, 0.717) is 12.0 Å². The molecule has 7 nitrogen and oxygen atoms in total. The average Bonchev–Trinajstić information content (AvgIpc) is 2.91.